The van der Waals surface area contributed by atoms with Crippen molar-refractivity contribution in [3.63, 3.8) is 0 Å². The van der Waals surface area contributed by atoms with Crippen LogP contribution in [0.1, 0.15) is 36.8 Å². The molecule has 1 atom stereocenters. The van der Waals surface area contributed by atoms with Gasteiger partial charge >= 0.3 is 0 Å². The normalized spacial score (nSPS) is 18.0. The molecule has 2 aromatic rings. The summed E-state index contributed by atoms with van der Waals surface area (Å²) in [6.07, 6.45) is 2.33. The standard InChI is InChI=1S/C21H25FN2O3S/c1-15-11-16(2)13-18(12-15)23-21(25)14-19-5-3-4-10-24(19)28(26,27)20-8-6-17(22)7-9-20/h6-9,11-13,19H,3-5,10,14H2,1-2H3,(H,23,25)/t19-/m0/s1. The molecular weight excluding hydrogens is 379 g/mol. The molecule has 0 saturated carbocycles. The first-order valence-corrected chi connectivity index (χ1v) is 10.9. The number of rotatable bonds is 5. The molecule has 28 heavy (non-hydrogen) atoms. The van der Waals surface area contributed by atoms with E-state index in [9.17, 15) is 17.6 Å². The van der Waals surface area contributed by atoms with Crippen LogP contribution in [0.2, 0.25) is 0 Å². The summed E-state index contributed by atoms with van der Waals surface area (Å²) in [5, 5.41) is 2.88. The number of piperidine rings is 1. The van der Waals surface area contributed by atoms with Crippen LogP contribution in [0, 0.1) is 19.7 Å². The number of sulfonamides is 1. The van der Waals surface area contributed by atoms with E-state index in [0.717, 1.165) is 36.1 Å². The van der Waals surface area contributed by atoms with E-state index in [-0.39, 0.29) is 17.2 Å². The van der Waals surface area contributed by atoms with Crippen molar-refractivity contribution in [2.75, 3.05) is 11.9 Å². The van der Waals surface area contributed by atoms with Crippen molar-refractivity contribution in [3.8, 4) is 0 Å². The third-order valence-corrected chi connectivity index (χ3v) is 6.89. The predicted octanol–water partition coefficient (Wildman–Crippen LogP) is 4.01. The summed E-state index contributed by atoms with van der Waals surface area (Å²) in [5.74, 6) is -0.696. The fourth-order valence-corrected chi connectivity index (χ4v) is 5.40. The second-order valence-electron chi connectivity index (χ2n) is 7.35. The van der Waals surface area contributed by atoms with E-state index in [2.05, 4.69) is 5.32 Å². The Morgan fingerprint density at radius 2 is 1.75 bits per heavy atom. The van der Waals surface area contributed by atoms with Gasteiger partial charge in [-0.2, -0.15) is 4.31 Å². The first kappa shape index (κ1) is 20.5. The molecular formula is C21H25FN2O3S. The molecule has 2 aromatic carbocycles. The number of halogens is 1. The molecule has 7 heteroatoms. The number of aryl methyl sites for hydroxylation is 2. The van der Waals surface area contributed by atoms with Crippen molar-refractivity contribution in [1.82, 2.24) is 4.31 Å². The highest BCUT2D eigenvalue weighted by Gasteiger charge is 2.34. The maximum absolute atomic E-state index is 13.2. The van der Waals surface area contributed by atoms with Crippen LogP contribution in [-0.4, -0.2) is 31.2 Å². The van der Waals surface area contributed by atoms with E-state index in [1.165, 1.54) is 16.4 Å². The number of carbonyl (C=O) groups excluding carboxylic acids is 1. The molecule has 1 aliphatic heterocycles. The predicted molar refractivity (Wildman–Crippen MR) is 107 cm³/mol. The van der Waals surface area contributed by atoms with Crippen LogP contribution in [0.3, 0.4) is 0 Å². The average Bonchev–Trinajstić information content (AvgIpc) is 2.61. The Hall–Kier alpha value is -2.25. The van der Waals surface area contributed by atoms with Crippen LogP contribution in [0.25, 0.3) is 0 Å². The molecule has 1 amide bonds. The number of amides is 1. The van der Waals surface area contributed by atoms with E-state index in [1.807, 2.05) is 32.0 Å². The maximum Gasteiger partial charge on any atom is 0.243 e. The fraction of sp³-hybridized carbons (Fsp3) is 0.381. The lowest BCUT2D eigenvalue weighted by atomic mass is 10.0. The molecule has 150 valence electrons. The van der Waals surface area contributed by atoms with Gasteiger partial charge in [0, 0.05) is 24.7 Å². The Kier molecular flexibility index (Phi) is 6.15. The van der Waals surface area contributed by atoms with Gasteiger partial charge in [0.2, 0.25) is 15.9 Å². The topological polar surface area (TPSA) is 66.5 Å². The van der Waals surface area contributed by atoms with Crippen LogP contribution >= 0.6 is 0 Å². The lowest BCUT2D eigenvalue weighted by molar-refractivity contribution is -0.117. The SMILES string of the molecule is Cc1cc(C)cc(NC(=O)C[C@@H]2CCCCN2S(=O)(=O)c2ccc(F)cc2)c1. The van der Waals surface area contributed by atoms with Gasteiger partial charge in [-0.25, -0.2) is 12.8 Å². The highest BCUT2D eigenvalue weighted by atomic mass is 32.2. The first-order valence-electron chi connectivity index (χ1n) is 9.41. The molecule has 0 aliphatic carbocycles. The van der Waals surface area contributed by atoms with E-state index in [0.29, 0.717) is 18.7 Å². The largest absolute Gasteiger partial charge is 0.326 e. The first-order chi connectivity index (χ1) is 13.3. The van der Waals surface area contributed by atoms with Crippen LogP contribution in [0.4, 0.5) is 10.1 Å². The Morgan fingerprint density at radius 3 is 2.39 bits per heavy atom. The molecule has 0 unspecified atom stereocenters. The summed E-state index contributed by atoms with van der Waals surface area (Å²) in [7, 11) is -3.77. The summed E-state index contributed by atoms with van der Waals surface area (Å²) in [6.45, 7) is 4.28. The Balaban J connectivity index is 1.75. The summed E-state index contributed by atoms with van der Waals surface area (Å²) in [4.78, 5) is 12.6. The molecule has 1 fully saturated rings. The Bertz CT molecular complexity index is 938. The molecule has 5 nitrogen and oxygen atoms in total. The quantitative estimate of drug-likeness (QED) is 0.819. The highest BCUT2D eigenvalue weighted by Crippen LogP contribution is 2.27. The molecule has 1 N–H and O–H groups in total. The zero-order chi connectivity index (χ0) is 20.3. The molecule has 1 heterocycles. The van der Waals surface area contributed by atoms with Gasteiger partial charge in [-0.15, -0.1) is 0 Å². The lowest BCUT2D eigenvalue weighted by Gasteiger charge is -2.34. The fourth-order valence-electron chi connectivity index (χ4n) is 3.71. The molecule has 0 radical (unpaired) electrons. The van der Waals surface area contributed by atoms with Crippen LogP contribution in [0.15, 0.2) is 47.4 Å². The van der Waals surface area contributed by atoms with Crippen LogP contribution in [0.5, 0.6) is 0 Å². The van der Waals surface area contributed by atoms with Crippen molar-refractivity contribution >= 4 is 21.6 Å². The third kappa shape index (κ3) is 4.77. The van der Waals surface area contributed by atoms with E-state index < -0.39 is 21.9 Å². The van der Waals surface area contributed by atoms with Crippen molar-refractivity contribution in [1.29, 1.82) is 0 Å². The van der Waals surface area contributed by atoms with Gasteiger partial charge in [-0.1, -0.05) is 12.5 Å². The second kappa shape index (κ2) is 8.41. The minimum absolute atomic E-state index is 0.0514. The lowest BCUT2D eigenvalue weighted by Crippen LogP contribution is -2.45. The zero-order valence-corrected chi connectivity index (χ0v) is 16.9. The number of nitrogens with one attached hydrogen (secondary N) is 1. The van der Waals surface area contributed by atoms with E-state index >= 15 is 0 Å². The van der Waals surface area contributed by atoms with Gasteiger partial charge in [0.1, 0.15) is 5.82 Å². The molecule has 3 rings (SSSR count). The number of anilines is 1. The molecule has 0 spiro atoms. The van der Waals surface area contributed by atoms with Gasteiger partial charge in [0.15, 0.2) is 0 Å². The number of hydrogen-bond acceptors (Lipinski definition) is 3. The summed E-state index contributed by atoms with van der Waals surface area (Å²) < 4.78 is 40.6. The van der Waals surface area contributed by atoms with E-state index in [4.69, 9.17) is 0 Å². The molecule has 1 aliphatic rings. The number of nitrogens with zero attached hydrogens (tertiary/aromatic N) is 1. The average molecular weight is 405 g/mol. The van der Waals surface area contributed by atoms with Gasteiger partial charge in [0.25, 0.3) is 0 Å². The van der Waals surface area contributed by atoms with Crippen molar-refractivity contribution in [2.24, 2.45) is 0 Å². The maximum atomic E-state index is 13.2. The summed E-state index contributed by atoms with van der Waals surface area (Å²) >= 11 is 0. The molecule has 1 saturated heterocycles. The zero-order valence-electron chi connectivity index (χ0n) is 16.1. The smallest absolute Gasteiger partial charge is 0.243 e. The summed E-state index contributed by atoms with van der Waals surface area (Å²) in [6, 6.07) is 10.2. The highest BCUT2D eigenvalue weighted by molar-refractivity contribution is 7.89. The van der Waals surface area contributed by atoms with Crippen LogP contribution in [-0.2, 0) is 14.8 Å². The molecule has 0 aromatic heterocycles. The number of hydrogen-bond donors (Lipinski definition) is 1. The Labute approximate surface area is 165 Å². The van der Waals surface area contributed by atoms with Gasteiger partial charge in [-0.05, 0) is 74.2 Å². The van der Waals surface area contributed by atoms with E-state index in [1.54, 1.807) is 0 Å². The van der Waals surface area contributed by atoms with Crippen LogP contribution < -0.4 is 5.32 Å². The minimum Gasteiger partial charge on any atom is -0.326 e. The van der Waals surface area contributed by atoms with Gasteiger partial charge in [-0.3, -0.25) is 4.79 Å². The second-order valence-corrected chi connectivity index (χ2v) is 9.24. The van der Waals surface area contributed by atoms with Crippen molar-refractivity contribution in [2.45, 2.75) is 50.5 Å². The Morgan fingerprint density at radius 1 is 1.11 bits per heavy atom. The third-order valence-electron chi connectivity index (χ3n) is 4.92. The van der Waals surface area contributed by atoms with Gasteiger partial charge < -0.3 is 5.32 Å². The van der Waals surface area contributed by atoms with Crippen molar-refractivity contribution < 1.29 is 17.6 Å². The number of carbonyl (C=O) groups is 1. The van der Waals surface area contributed by atoms with Gasteiger partial charge in [0.05, 0.1) is 4.90 Å². The minimum atomic E-state index is -3.77. The monoisotopic (exact) mass is 404 g/mol. The number of benzene rings is 2. The van der Waals surface area contributed by atoms with Crippen molar-refractivity contribution in [3.05, 3.63) is 59.4 Å². The molecule has 0 bridgehead atoms. The summed E-state index contributed by atoms with van der Waals surface area (Å²) in [5.41, 5.74) is 2.81.